The van der Waals surface area contributed by atoms with Gasteiger partial charge in [0.2, 0.25) is 11.8 Å². The van der Waals surface area contributed by atoms with E-state index in [2.05, 4.69) is 79.6 Å². The fourth-order valence-corrected chi connectivity index (χ4v) is 4.47. The maximum atomic E-state index is 6.30. The molecule has 0 saturated carbocycles. The third-order valence-electron chi connectivity index (χ3n) is 5.77. The minimum absolute atomic E-state index is 0.260. The minimum atomic E-state index is -0.260. The highest BCUT2D eigenvalue weighted by atomic mass is 79.9. The monoisotopic (exact) mass is 543 g/mol. The number of rotatable bonds is 8. The molecule has 4 nitrogen and oxygen atoms in total. The fourth-order valence-electron chi connectivity index (χ4n) is 4.08. The van der Waals surface area contributed by atoms with Crippen LogP contribution >= 0.6 is 27.5 Å². The summed E-state index contributed by atoms with van der Waals surface area (Å²) in [5, 5.41) is 9.59. The van der Waals surface area contributed by atoms with Gasteiger partial charge in [0.1, 0.15) is 6.04 Å². The Morgan fingerprint density at radius 3 is 1.86 bits per heavy atom. The van der Waals surface area contributed by atoms with Crippen molar-refractivity contribution >= 4 is 27.5 Å². The van der Waals surface area contributed by atoms with Gasteiger partial charge in [-0.1, -0.05) is 100 Å². The average molecular weight is 545 g/mol. The molecule has 35 heavy (non-hydrogen) atoms. The van der Waals surface area contributed by atoms with Crippen molar-refractivity contribution in [3.8, 4) is 11.5 Å². The second-order valence-electron chi connectivity index (χ2n) is 8.28. The number of aromatic nitrogens is 2. The van der Waals surface area contributed by atoms with Crippen molar-refractivity contribution in [1.29, 1.82) is 0 Å². The lowest BCUT2D eigenvalue weighted by atomic mass is 10.0. The van der Waals surface area contributed by atoms with Gasteiger partial charge in [-0.05, 0) is 53.1 Å². The third kappa shape index (κ3) is 5.88. The van der Waals surface area contributed by atoms with Gasteiger partial charge in [-0.3, -0.25) is 4.90 Å². The molecule has 0 aliphatic heterocycles. The number of benzene rings is 4. The molecule has 0 spiro atoms. The Bertz CT molecular complexity index is 1320. The molecule has 0 amide bonds. The Kier molecular flexibility index (Phi) is 7.38. The predicted molar refractivity (Wildman–Crippen MR) is 143 cm³/mol. The van der Waals surface area contributed by atoms with E-state index in [-0.39, 0.29) is 6.04 Å². The fraction of sp³-hybridized carbons (Fsp3) is 0.103. The van der Waals surface area contributed by atoms with Crippen molar-refractivity contribution in [2.24, 2.45) is 0 Å². The summed E-state index contributed by atoms with van der Waals surface area (Å²) in [7, 11) is 0. The van der Waals surface area contributed by atoms with E-state index >= 15 is 0 Å². The predicted octanol–water partition coefficient (Wildman–Crippen LogP) is 7.94. The van der Waals surface area contributed by atoms with Crippen LogP contribution in [0.2, 0.25) is 5.02 Å². The first-order valence-electron chi connectivity index (χ1n) is 11.3. The van der Waals surface area contributed by atoms with Crippen LogP contribution in [-0.4, -0.2) is 15.1 Å². The Hall–Kier alpha value is -3.25. The highest BCUT2D eigenvalue weighted by Gasteiger charge is 2.28. The SMILES string of the molecule is Clc1ccc(C(c2nnc(-c3ccc(Br)cc3)o2)N(Cc2ccccc2)Cc2ccccc2)cc1. The van der Waals surface area contributed by atoms with Gasteiger partial charge in [0, 0.05) is 28.1 Å². The van der Waals surface area contributed by atoms with Gasteiger partial charge in [0.05, 0.1) is 0 Å². The Morgan fingerprint density at radius 2 is 1.29 bits per heavy atom. The Morgan fingerprint density at radius 1 is 0.714 bits per heavy atom. The lowest BCUT2D eigenvalue weighted by molar-refractivity contribution is 0.181. The number of hydrogen-bond acceptors (Lipinski definition) is 4. The topological polar surface area (TPSA) is 42.2 Å². The van der Waals surface area contributed by atoms with Crippen LogP contribution in [0.1, 0.15) is 28.6 Å². The number of halogens is 2. The van der Waals surface area contributed by atoms with E-state index in [1.54, 1.807) is 0 Å². The van der Waals surface area contributed by atoms with Crippen LogP contribution < -0.4 is 0 Å². The lowest BCUT2D eigenvalue weighted by Crippen LogP contribution is -2.29. The van der Waals surface area contributed by atoms with Crippen molar-refractivity contribution in [2.45, 2.75) is 19.1 Å². The van der Waals surface area contributed by atoms with Crippen molar-refractivity contribution in [3.63, 3.8) is 0 Å². The van der Waals surface area contributed by atoms with E-state index in [1.807, 2.05) is 60.7 Å². The van der Waals surface area contributed by atoms with E-state index in [0.717, 1.165) is 15.6 Å². The summed E-state index contributed by atoms with van der Waals surface area (Å²) in [6.45, 7) is 1.41. The van der Waals surface area contributed by atoms with Crippen molar-refractivity contribution in [3.05, 3.63) is 141 Å². The Labute approximate surface area is 218 Å². The van der Waals surface area contributed by atoms with Crippen molar-refractivity contribution < 1.29 is 4.42 Å². The smallest absolute Gasteiger partial charge is 0.247 e. The number of nitrogens with zero attached hydrogens (tertiary/aromatic N) is 3. The summed E-state index contributed by atoms with van der Waals surface area (Å²) in [6.07, 6.45) is 0. The third-order valence-corrected chi connectivity index (χ3v) is 6.55. The van der Waals surface area contributed by atoms with E-state index in [0.29, 0.717) is 29.9 Å². The van der Waals surface area contributed by atoms with Crippen LogP contribution in [0.15, 0.2) is 118 Å². The summed E-state index contributed by atoms with van der Waals surface area (Å²) < 4.78 is 7.30. The van der Waals surface area contributed by atoms with Gasteiger partial charge in [-0.15, -0.1) is 10.2 Å². The van der Waals surface area contributed by atoms with E-state index in [4.69, 9.17) is 16.0 Å². The van der Waals surface area contributed by atoms with E-state index < -0.39 is 0 Å². The van der Waals surface area contributed by atoms with Gasteiger partial charge in [0.15, 0.2) is 0 Å². The summed E-state index contributed by atoms with van der Waals surface area (Å²) in [6, 6.07) is 36.3. The lowest BCUT2D eigenvalue weighted by Gasteiger charge is -2.30. The molecule has 0 bridgehead atoms. The molecule has 1 unspecified atom stereocenters. The molecule has 0 saturated heterocycles. The van der Waals surface area contributed by atoms with Gasteiger partial charge < -0.3 is 4.42 Å². The maximum Gasteiger partial charge on any atom is 0.247 e. The standard InChI is InChI=1S/C29H23BrClN3O/c30-25-15-11-24(12-16-25)28-32-33-29(35-28)27(23-13-17-26(31)18-14-23)34(19-21-7-3-1-4-8-21)20-22-9-5-2-6-10-22/h1-18,27H,19-20H2. The molecule has 0 aliphatic rings. The highest BCUT2D eigenvalue weighted by Crippen LogP contribution is 2.33. The quantitative estimate of drug-likeness (QED) is 0.199. The van der Waals surface area contributed by atoms with Crippen LogP contribution in [0.5, 0.6) is 0 Å². The Balaban J connectivity index is 1.57. The molecule has 1 aromatic heterocycles. The van der Waals surface area contributed by atoms with Crippen LogP contribution in [-0.2, 0) is 13.1 Å². The minimum Gasteiger partial charge on any atom is -0.419 e. The van der Waals surface area contributed by atoms with E-state index in [9.17, 15) is 0 Å². The summed E-state index contributed by atoms with van der Waals surface area (Å²) in [4.78, 5) is 2.35. The van der Waals surface area contributed by atoms with Crippen LogP contribution in [0.3, 0.4) is 0 Å². The molecule has 1 heterocycles. The first kappa shape index (κ1) is 23.5. The zero-order valence-corrected chi connectivity index (χ0v) is 21.2. The first-order valence-corrected chi connectivity index (χ1v) is 12.5. The molecule has 5 rings (SSSR count). The molecule has 0 N–H and O–H groups in total. The normalized spacial score (nSPS) is 12.1. The van der Waals surface area contributed by atoms with Gasteiger partial charge in [-0.25, -0.2) is 0 Å². The molecular formula is C29H23BrClN3O. The second kappa shape index (κ2) is 11.0. The summed E-state index contributed by atoms with van der Waals surface area (Å²) in [5.74, 6) is 1.03. The van der Waals surface area contributed by atoms with E-state index in [1.165, 1.54) is 11.1 Å². The zero-order valence-electron chi connectivity index (χ0n) is 18.9. The largest absolute Gasteiger partial charge is 0.419 e. The van der Waals surface area contributed by atoms with Crippen molar-refractivity contribution in [2.75, 3.05) is 0 Å². The van der Waals surface area contributed by atoms with Crippen LogP contribution in [0.4, 0.5) is 0 Å². The van der Waals surface area contributed by atoms with Crippen LogP contribution in [0.25, 0.3) is 11.5 Å². The molecular weight excluding hydrogens is 522 g/mol. The van der Waals surface area contributed by atoms with Gasteiger partial charge >= 0.3 is 0 Å². The molecule has 0 radical (unpaired) electrons. The molecule has 1 atom stereocenters. The first-order chi connectivity index (χ1) is 17.2. The molecule has 6 heteroatoms. The number of hydrogen-bond donors (Lipinski definition) is 0. The highest BCUT2D eigenvalue weighted by molar-refractivity contribution is 9.10. The zero-order chi connectivity index (χ0) is 24.0. The second-order valence-corrected chi connectivity index (χ2v) is 9.63. The van der Waals surface area contributed by atoms with Crippen LogP contribution in [0, 0.1) is 0 Å². The van der Waals surface area contributed by atoms with Gasteiger partial charge in [0.25, 0.3) is 0 Å². The molecule has 0 aliphatic carbocycles. The molecule has 174 valence electrons. The molecule has 4 aromatic carbocycles. The van der Waals surface area contributed by atoms with Crippen molar-refractivity contribution in [1.82, 2.24) is 15.1 Å². The summed E-state index contributed by atoms with van der Waals surface area (Å²) in [5.41, 5.74) is 4.32. The van der Waals surface area contributed by atoms with Gasteiger partial charge in [-0.2, -0.15) is 0 Å². The average Bonchev–Trinajstić information content (AvgIpc) is 3.37. The summed E-state index contributed by atoms with van der Waals surface area (Å²) >= 11 is 9.71. The molecule has 0 fully saturated rings. The molecule has 5 aromatic rings. The maximum absolute atomic E-state index is 6.30.